The van der Waals surface area contributed by atoms with Crippen molar-refractivity contribution in [3.8, 4) is 22.8 Å². The Morgan fingerprint density at radius 1 is 0.967 bits per heavy atom. The molecule has 0 fully saturated rings. The quantitative estimate of drug-likeness (QED) is 0.392. The van der Waals surface area contributed by atoms with Crippen LogP contribution in [-0.2, 0) is 5.75 Å². The third-order valence-corrected chi connectivity index (χ3v) is 5.90. The van der Waals surface area contributed by atoms with E-state index < -0.39 is 0 Å². The van der Waals surface area contributed by atoms with Crippen LogP contribution in [0.4, 0.5) is 4.39 Å². The van der Waals surface area contributed by atoms with Gasteiger partial charge in [0.05, 0.1) is 12.8 Å². The molecular formula is C23H21FN4OS. The maximum atomic E-state index is 14.1. The van der Waals surface area contributed by atoms with Crippen LogP contribution in [0.5, 0.6) is 5.75 Å². The molecule has 0 saturated carbocycles. The number of rotatable bonds is 6. The van der Waals surface area contributed by atoms with E-state index in [9.17, 15) is 4.39 Å². The molecule has 0 unspecified atom stereocenters. The fraction of sp³-hybridized carbons (Fsp3) is 0.174. The number of hydrogen-bond acceptors (Lipinski definition) is 5. The summed E-state index contributed by atoms with van der Waals surface area (Å²) in [6, 6.07) is 15.1. The zero-order valence-corrected chi connectivity index (χ0v) is 17.8. The Kier molecular flexibility index (Phi) is 5.81. The van der Waals surface area contributed by atoms with Crippen LogP contribution < -0.4 is 4.74 Å². The Hall–Kier alpha value is -3.19. The lowest BCUT2D eigenvalue weighted by atomic mass is 10.1. The summed E-state index contributed by atoms with van der Waals surface area (Å²) in [4.78, 5) is 4.10. The first-order valence-corrected chi connectivity index (χ1v) is 10.4. The maximum absolute atomic E-state index is 14.1. The van der Waals surface area contributed by atoms with Gasteiger partial charge in [-0.3, -0.25) is 9.55 Å². The van der Waals surface area contributed by atoms with Gasteiger partial charge in [0.25, 0.3) is 0 Å². The van der Waals surface area contributed by atoms with E-state index in [1.54, 1.807) is 18.5 Å². The molecule has 0 spiro atoms. The first-order chi connectivity index (χ1) is 14.6. The molecule has 0 saturated heterocycles. The van der Waals surface area contributed by atoms with Crippen LogP contribution in [0.15, 0.2) is 66.1 Å². The van der Waals surface area contributed by atoms with E-state index in [4.69, 9.17) is 4.74 Å². The monoisotopic (exact) mass is 420 g/mol. The number of aryl methyl sites for hydroxylation is 2. The summed E-state index contributed by atoms with van der Waals surface area (Å²) in [5, 5.41) is 9.61. The molecule has 0 amide bonds. The van der Waals surface area contributed by atoms with E-state index in [0.717, 1.165) is 27.8 Å². The first-order valence-electron chi connectivity index (χ1n) is 9.45. The van der Waals surface area contributed by atoms with Crippen molar-refractivity contribution in [3.63, 3.8) is 0 Å². The second-order valence-electron chi connectivity index (χ2n) is 6.90. The lowest BCUT2D eigenvalue weighted by molar-refractivity contribution is 0.386. The Morgan fingerprint density at radius 2 is 1.77 bits per heavy atom. The molecule has 2 aromatic carbocycles. The molecule has 2 heterocycles. The van der Waals surface area contributed by atoms with Gasteiger partial charge >= 0.3 is 0 Å². The predicted molar refractivity (Wildman–Crippen MR) is 117 cm³/mol. The number of nitrogens with zero attached hydrogens (tertiary/aromatic N) is 4. The van der Waals surface area contributed by atoms with E-state index in [1.165, 1.54) is 36.1 Å². The van der Waals surface area contributed by atoms with Crippen molar-refractivity contribution >= 4 is 11.8 Å². The lowest BCUT2D eigenvalue weighted by Crippen LogP contribution is -2.01. The summed E-state index contributed by atoms with van der Waals surface area (Å²) in [5.74, 6) is 1.16. The Morgan fingerprint density at radius 3 is 2.47 bits per heavy atom. The molecule has 0 radical (unpaired) electrons. The number of benzene rings is 2. The molecule has 0 bridgehead atoms. The van der Waals surface area contributed by atoms with Gasteiger partial charge in [0, 0.05) is 23.7 Å². The van der Waals surface area contributed by atoms with Gasteiger partial charge in [-0.05, 0) is 66.9 Å². The number of halogens is 1. The third kappa shape index (κ3) is 4.07. The molecule has 0 aliphatic rings. The van der Waals surface area contributed by atoms with Crippen LogP contribution in [0, 0.1) is 19.7 Å². The molecule has 0 aliphatic heterocycles. The number of thioether (sulfide) groups is 1. The van der Waals surface area contributed by atoms with Crippen LogP contribution >= 0.6 is 11.8 Å². The fourth-order valence-corrected chi connectivity index (χ4v) is 3.99. The van der Waals surface area contributed by atoms with E-state index in [2.05, 4.69) is 47.2 Å². The summed E-state index contributed by atoms with van der Waals surface area (Å²) in [6.45, 7) is 4.17. The number of pyridine rings is 1. The van der Waals surface area contributed by atoms with E-state index in [1.807, 2.05) is 22.8 Å². The summed E-state index contributed by atoms with van der Waals surface area (Å²) in [7, 11) is 1.46. The molecule has 152 valence electrons. The topological polar surface area (TPSA) is 52.8 Å². The highest BCUT2D eigenvalue weighted by atomic mass is 32.2. The van der Waals surface area contributed by atoms with Gasteiger partial charge in [0.1, 0.15) is 0 Å². The zero-order valence-electron chi connectivity index (χ0n) is 17.0. The van der Waals surface area contributed by atoms with Gasteiger partial charge in [0.15, 0.2) is 22.5 Å². The zero-order chi connectivity index (χ0) is 21.1. The summed E-state index contributed by atoms with van der Waals surface area (Å²) in [6.07, 6.45) is 3.48. The minimum Gasteiger partial charge on any atom is -0.494 e. The van der Waals surface area contributed by atoms with Crippen molar-refractivity contribution in [2.24, 2.45) is 0 Å². The van der Waals surface area contributed by atoms with E-state index >= 15 is 0 Å². The number of hydrogen-bond donors (Lipinski definition) is 0. The Balaban J connectivity index is 1.71. The van der Waals surface area contributed by atoms with Gasteiger partial charge in [-0.2, -0.15) is 0 Å². The average Bonchev–Trinajstić information content (AvgIpc) is 3.19. The molecule has 0 N–H and O–H groups in total. The van der Waals surface area contributed by atoms with Crippen molar-refractivity contribution in [1.29, 1.82) is 0 Å². The van der Waals surface area contributed by atoms with Crippen molar-refractivity contribution < 1.29 is 9.13 Å². The average molecular weight is 421 g/mol. The summed E-state index contributed by atoms with van der Waals surface area (Å²) in [5.41, 5.74) is 5.17. The summed E-state index contributed by atoms with van der Waals surface area (Å²) >= 11 is 1.51. The SMILES string of the molecule is COc1ccc(CSc2nnc(-c3ccncc3)n2-c2ccc(C)c(C)c2)cc1F. The minimum absolute atomic E-state index is 0.238. The van der Waals surface area contributed by atoms with Crippen LogP contribution in [0.1, 0.15) is 16.7 Å². The number of methoxy groups -OCH3 is 1. The van der Waals surface area contributed by atoms with Gasteiger partial charge in [0.2, 0.25) is 0 Å². The maximum Gasteiger partial charge on any atom is 0.196 e. The first kappa shape index (κ1) is 20.1. The van der Waals surface area contributed by atoms with Gasteiger partial charge in [-0.15, -0.1) is 10.2 Å². The highest BCUT2D eigenvalue weighted by Crippen LogP contribution is 2.31. The van der Waals surface area contributed by atoms with E-state index in [-0.39, 0.29) is 11.6 Å². The number of aromatic nitrogens is 4. The van der Waals surface area contributed by atoms with Crippen LogP contribution in [0.2, 0.25) is 0 Å². The Labute approximate surface area is 179 Å². The standard InChI is InChI=1S/C23H21FN4OS/c1-15-4-6-19(12-16(15)2)28-22(18-8-10-25-11-9-18)26-27-23(28)30-14-17-5-7-21(29-3)20(24)13-17/h4-13H,14H2,1-3H3. The Bertz CT molecular complexity index is 1180. The molecule has 0 atom stereocenters. The molecule has 4 rings (SSSR count). The second-order valence-corrected chi connectivity index (χ2v) is 7.85. The van der Waals surface area contributed by atoms with E-state index in [0.29, 0.717) is 5.75 Å². The number of ether oxygens (including phenoxy) is 1. The minimum atomic E-state index is -0.372. The molecular weight excluding hydrogens is 399 g/mol. The van der Waals surface area contributed by atoms with Gasteiger partial charge in [-0.25, -0.2) is 4.39 Å². The van der Waals surface area contributed by atoms with Crippen LogP contribution in [0.25, 0.3) is 17.1 Å². The van der Waals surface area contributed by atoms with Gasteiger partial charge < -0.3 is 4.74 Å². The molecule has 0 aliphatic carbocycles. The largest absolute Gasteiger partial charge is 0.494 e. The molecule has 4 aromatic rings. The van der Waals surface area contributed by atoms with Crippen molar-refractivity contribution in [2.75, 3.05) is 7.11 Å². The fourth-order valence-electron chi connectivity index (χ4n) is 3.10. The normalized spacial score (nSPS) is 10.9. The molecule has 5 nitrogen and oxygen atoms in total. The summed E-state index contributed by atoms with van der Waals surface area (Å²) < 4.78 is 21.1. The molecule has 7 heteroatoms. The molecule has 2 aromatic heterocycles. The lowest BCUT2D eigenvalue weighted by Gasteiger charge is -2.12. The van der Waals surface area contributed by atoms with Crippen LogP contribution in [-0.4, -0.2) is 26.9 Å². The van der Waals surface area contributed by atoms with Crippen molar-refractivity contribution in [3.05, 3.63) is 83.4 Å². The smallest absolute Gasteiger partial charge is 0.196 e. The predicted octanol–water partition coefficient (Wildman–Crippen LogP) is 5.39. The molecule has 30 heavy (non-hydrogen) atoms. The van der Waals surface area contributed by atoms with Gasteiger partial charge in [-0.1, -0.05) is 23.9 Å². The second kappa shape index (κ2) is 8.67. The van der Waals surface area contributed by atoms with Crippen molar-refractivity contribution in [2.45, 2.75) is 24.8 Å². The highest BCUT2D eigenvalue weighted by molar-refractivity contribution is 7.98. The third-order valence-electron chi connectivity index (χ3n) is 4.90. The highest BCUT2D eigenvalue weighted by Gasteiger charge is 2.17. The van der Waals surface area contributed by atoms with Crippen LogP contribution in [0.3, 0.4) is 0 Å². The van der Waals surface area contributed by atoms with Crippen molar-refractivity contribution in [1.82, 2.24) is 19.7 Å².